The van der Waals surface area contributed by atoms with E-state index in [9.17, 15) is 14.7 Å². The van der Waals surface area contributed by atoms with E-state index in [-0.39, 0.29) is 34.7 Å². The van der Waals surface area contributed by atoms with Crippen molar-refractivity contribution >= 4 is 5.91 Å². The Hall–Kier alpha value is -1.73. The number of carbonyl (C=O) groups is 1. The molecule has 2 aliphatic carbocycles. The van der Waals surface area contributed by atoms with Crippen LogP contribution in [-0.2, 0) is 4.74 Å². The van der Waals surface area contributed by atoms with Crippen LogP contribution in [0.4, 0.5) is 0 Å². The standard InChI is InChI=1S/C18H25N3O4/c1-2-25-14-9-13(22)18(14)5-7-21(8-6-18)17(24)12-10-19-15(11-3-4-11)20-16(12)23/h10-11,13-14,22H,2-9H2,1H3,(H,19,20,23)/t13-,14+/m1/s1. The van der Waals surface area contributed by atoms with Crippen LogP contribution in [0.5, 0.6) is 0 Å². The summed E-state index contributed by atoms with van der Waals surface area (Å²) in [4.78, 5) is 33.6. The number of H-pyrrole nitrogens is 1. The van der Waals surface area contributed by atoms with E-state index in [1.54, 1.807) is 4.90 Å². The van der Waals surface area contributed by atoms with Crippen LogP contribution in [0.1, 0.15) is 61.1 Å². The molecule has 0 aromatic carbocycles. The maximum atomic E-state index is 12.7. The number of nitrogens with zero attached hydrogens (tertiary/aromatic N) is 2. The summed E-state index contributed by atoms with van der Waals surface area (Å²) in [6.07, 6.45) is 5.32. The molecule has 1 amide bonds. The summed E-state index contributed by atoms with van der Waals surface area (Å²) in [6.45, 7) is 3.66. The Morgan fingerprint density at radius 2 is 2.16 bits per heavy atom. The Morgan fingerprint density at radius 3 is 2.72 bits per heavy atom. The number of amides is 1. The lowest BCUT2D eigenvalue weighted by Gasteiger charge is -2.56. The largest absolute Gasteiger partial charge is 0.392 e. The van der Waals surface area contributed by atoms with Crippen molar-refractivity contribution in [3.63, 3.8) is 0 Å². The number of hydrogen-bond acceptors (Lipinski definition) is 5. The number of rotatable bonds is 4. The second kappa shape index (κ2) is 6.21. The molecule has 2 saturated carbocycles. The highest BCUT2D eigenvalue weighted by Crippen LogP contribution is 2.51. The number of aliphatic hydroxyl groups is 1. The van der Waals surface area contributed by atoms with Gasteiger partial charge in [-0.1, -0.05) is 0 Å². The third-order valence-corrected chi connectivity index (χ3v) is 6.11. The summed E-state index contributed by atoms with van der Waals surface area (Å²) in [6, 6.07) is 0. The van der Waals surface area contributed by atoms with Crippen molar-refractivity contribution < 1.29 is 14.6 Å². The number of hydrogen-bond donors (Lipinski definition) is 2. The third kappa shape index (κ3) is 2.79. The van der Waals surface area contributed by atoms with E-state index in [1.165, 1.54) is 6.20 Å². The van der Waals surface area contributed by atoms with Crippen molar-refractivity contribution in [1.29, 1.82) is 0 Å². The van der Waals surface area contributed by atoms with Gasteiger partial charge in [-0.25, -0.2) is 4.98 Å². The number of aliphatic hydroxyl groups excluding tert-OH is 1. The van der Waals surface area contributed by atoms with E-state index in [0.717, 1.165) is 12.8 Å². The van der Waals surface area contributed by atoms with Crippen LogP contribution in [0, 0.1) is 5.41 Å². The van der Waals surface area contributed by atoms with E-state index in [2.05, 4.69) is 9.97 Å². The van der Waals surface area contributed by atoms with Crippen LogP contribution >= 0.6 is 0 Å². The topological polar surface area (TPSA) is 95.5 Å². The van der Waals surface area contributed by atoms with E-state index in [1.807, 2.05) is 6.92 Å². The first kappa shape index (κ1) is 16.7. The third-order valence-electron chi connectivity index (χ3n) is 6.11. The maximum Gasteiger partial charge on any atom is 0.263 e. The van der Waals surface area contributed by atoms with Crippen LogP contribution < -0.4 is 5.56 Å². The van der Waals surface area contributed by atoms with Gasteiger partial charge < -0.3 is 19.7 Å². The first-order valence-corrected chi connectivity index (χ1v) is 9.23. The van der Waals surface area contributed by atoms with E-state index in [4.69, 9.17) is 4.74 Å². The molecular weight excluding hydrogens is 322 g/mol. The Kier molecular flexibility index (Phi) is 4.16. The molecule has 0 unspecified atom stereocenters. The molecule has 0 bridgehead atoms. The van der Waals surface area contributed by atoms with Gasteiger partial charge in [0.2, 0.25) is 0 Å². The van der Waals surface area contributed by atoms with Crippen LogP contribution in [0.25, 0.3) is 0 Å². The predicted molar refractivity (Wildman–Crippen MR) is 90.4 cm³/mol. The number of nitrogens with one attached hydrogen (secondary N) is 1. The van der Waals surface area contributed by atoms with Crippen molar-refractivity contribution in [1.82, 2.24) is 14.9 Å². The first-order chi connectivity index (χ1) is 12.0. The minimum absolute atomic E-state index is 0.0765. The fourth-order valence-corrected chi connectivity index (χ4v) is 4.24. The molecule has 0 radical (unpaired) electrons. The van der Waals surface area contributed by atoms with Gasteiger partial charge >= 0.3 is 0 Å². The van der Waals surface area contributed by atoms with Crippen LogP contribution in [0.15, 0.2) is 11.0 Å². The van der Waals surface area contributed by atoms with Gasteiger partial charge in [0, 0.05) is 43.6 Å². The quantitative estimate of drug-likeness (QED) is 0.848. The number of aromatic nitrogens is 2. The minimum atomic E-state index is -0.357. The molecule has 7 nitrogen and oxygen atoms in total. The van der Waals surface area contributed by atoms with Crippen molar-refractivity contribution in [2.75, 3.05) is 19.7 Å². The molecule has 1 aliphatic heterocycles. The van der Waals surface area contributed by atoms with Gasteiger partial charge in [-0.3, -0.25) is 9.59 Å². The molecule has 1 aromatic rings. The molecular formula is C18H25N3O4. The average Bonchev–Trinajstić information content (AvgIpc) is 3.46. The minimum Gasteiger partial charge on any atom is -0.392 e. The summed E-state index contributed by atoms with van der Waals surface area (Å²) in [7, 11) is 0. The second-order valence-electron chi connectivity index (χ2n) is 7.51. The molecule has 136 valence electrons. The van der Waals surface area contributed by atoms with Gasteiger partial charge in [-0.2, -0.15) is 0 Å². The highest BCUT2D eigenvalue weighted by Gasteiger charge is 2.56. The van der Waals surface area contributed by atoms with Crippen LogP contribution in [0.2, 0.25) is 0 Å². The smallest absolute Gasteiger partial charge is 0.263 e. The first-order valence-electron chi connectivity index (χ1n) is 9.23. The fourth-order valence-electron chi connectivity index (χ4n) is 4.24. The molecule has 7 heteroatoms. The summed E-state index contributed by atoms with van der Waals surface area (Å²) >= 11 is 0. The Bertz CT molecular complexity index is 717. The lowest BCUT2D eigenvalue weighted by atomic mass is 9.58. The van der Waals surface area contributed by atoms with Gasteiger partial charge in [-0.15, -0.1) is 0 Å². The van der Waals surface area contributed by atoms with E-state index in [0.29, 0.717) is 50.7 Å². The Morgan fingerprint density at radius 1 is 1.44 bits per heavy atom. The van der Waals surface area contributed by atoms with Gasteiger partial charge in [0.05, 0.1) is 12.2 Å². The molecule has 2 heterocycles. The van der Waals surface area contributed by atoms with Crippen molar-refractivity contribution in [3.8, 4) is 0 Å². The van der Waals surface area contributed by atoms with Crippen LogP contribution in [-0.4, -0.2) is 57.8 Å². The molecule has 1 spiro atoms. The zero-order valence-corrected chi connectivity index (χ0v) is 14.5. The number of aromatic amines is 1. The SMILES string of the molecule is CCO[C@H]1C[C@@H](O)C12CCN(C(=O)c1cnc(C3CC3)[nH]c1=O)CC2. The summed E-state index contributed by atoms with van der Waals surface area (Å²) in [5, 5.41) is 10.2. The van der Waals surface area contributed by atoms with Gasteiger partial charge in [0.1, 0.15) is 11.4 Å². The van der Waals surface area contributed by atoms with E-state index < -0.39 is 0 Å². The molecule has 4 rings (SSSR count). The summed E-state index contributed by atoms with van der Waals surface area (Å²) < 4.78 is 5.75. The lowest BCUT2D eigenvalue weighted by molar-refractivity contribution is -0.207. The number of piperidine rings is 1. The van der Waals surface area contributed by atoms with Crippen molar-refractivity contribution in [2.24, 2.45) is 5.41 Å². The molecule has 25 heavy (non-hydrogen) atoms. The molecule has 1 aromatic heterocycles. The maximum absolute atomic E-state index is 12.7. The molecule has 2 atom stereocenters. The highest BCUT2D eigenvalue weighted by molar-refractivity contribution is 5.93. The second-order valence-corrected chi connectivity index (χ2v) is 7.51. The number of ether oxygens (including phenoxy) is 1. The lowest BCUT2D eigenvalue weighted by Crippen LogP contribution is -2.62. The Labute approximate surface area is 146 Å². The zero-order chi connectivity index (χ0) is 17.6. The highest BCUT2D eigenvalue weighted by atomic mass is 16.5. The predicted octanol–water partition coefficient (Wildman–Crippen LogP) is 1.04. The molecule has 1 saturated heterocycles. The molecule has 3 aliphatic rings. The van der Waals surface area contributed by atoms with Gasteiger partial charge in [0.15, 0.2) is 0 Å². The monoisotopic (exact) mass is 347 g/mol. The molecule has 2 N–H and O–H groups in total. The Balaban J connectivity index is 1.44. The van der Waals surface area contributed by atoms with Crippen LogP contribution in [0.3, 0.4) is 0 Å². The van der Waals surface area contributed by atoms with Gasteiger partial charge in [0.25, 0.3) is 11.5 Å². The normalized spacial score (nSPS) is 28.0. The number of likely N-dealkylation sites (tertiary alicyclic amines) is 1. The zero-order valence-electron chi connectivity index (χ0n) is 14.5. The van der Waals surface area contributed by atoms with Gasteiger partial charge in [-0.05, 0) is 32.6 Å². The summed E-state index contributed by atoms with van der Waals surface area (Å²) in [5.74, 6) is 0.770. The molecule has 3 fully saturated rings. The van der Waals surface area contributed by atoms with E-state index >= 15 is 0 Å². The summed E-state index contributed by atoms with van der Waals surface area (Å²) in [5.41, 5.74) is -0.471. The van der Waals surface area contributed by atoms with Crippen molar-refractivity contribution in [2.45, 2.75) is 57.2 Å². The fraction of sp³-hybridized carbons (Fsp3) is 0.722. The number of carbonyl (C=O) groups excluding carboxylic acids is 1. The van der Waals surface area contributed by atoms with Crippen molar-refractivity contribution in [3.05, 3.63) is 27.9 Å². The average molecular weight is 347 g/mol.